The van der Waals surface area contributed by atoms with E-state index >= 15 is 0 Å². The first-order valence-corrected chi connectivity index (χ1v) is 12.9. The van der Waals surface area contributed by atoms with Gasteiger partial charge in [-0.05, 0) is 25.3 Å². The van der Waals surface area contributed by atoms with Crippen LogP contribution in [0.3, 0.4) is 0 Å². The minimum Gasteiger partial charge on any atom is -0.289 e. The van der Waals surface area contributed by atoms with Crippen molar-refractivity contribution >= 4 is 18.5 Å². The van der Waals surface area contributed by atoms with E-state index in [1.807, 2.05) is 42.6 Å². The molecule has 27 heavy (non-hydrogen) atoms. The molecule has 0 fully saturated rings. The molecule has 2 rings (SSSR count). The topological polar surface area (TPSA) is 30.0 Å². The minimum absolute atomic E-state index is 0.110. The van der Waals surface area contributed by atoms with Crippen LogP contribution in [-0.2, 0) is 0 Å². The molecule has 2 nitrogen and oxygen atoms in total. The molecule has 2 aromatic rings. The van der Waals surface area contributed by atoms with Crippen LogP contribution in [0.5, 0.6) is 0 Å². The van der Waals surface area contributed by atoms with Crippen LogP contribution in [0.4, 0.5) is 0 Å². The SMILES string of the molecule is CCCC[P+](CCCC)(CCCC)c1cc(C(=O)c2ccccc2)ccn1. The second-order valence-electron chi connectivity index (χ2n) is 7.47. The van der Waals surface area contributed by atoms with Gasteiger partial charge in [-0.3, -0.25) is 4.79 Å². The molecule has 0 saturated heterocycles. The number of carbonyl (C=O) groups excluding carboxylic acids is 1. The van der Waals surface area contributed by atoms with Gasteiger partial charge in [0.15, 0.2) is 11.2 Å². The Morgan fingerprint density at radius 2 is 1.37 bits per heavy atom. The lowest BCUT2D eigenvalue weighted by molar-refractivity contribution is 0.103. The first-order chi connectivity index (χ1) is 13.2. The van der Waals surface area contributed by atoms with Crippen LogP contribution in [0.2, 0.25) is 0 Å². The third-order valence-electron chi connectivity index (χ3n) is 5.35. The highest BCUT2D eigenvalue weighted by molar-refractivity contribution is 7.82. The van der Waals surface area contributed by atoms with Crippen molar-refractivity contribution in [2.24, 2.45) is 0 Å². The maximum Gasteiger partial charge on any atom is 0.193 e. The van der Waals surface area contributed by atoms with Gasteiger partial charge in [0, 0.05) is 23.4 Å². The Hall–Kier alpha value is -1.53. The molecule has 0 aliphatic carbocycles. The molecule has 0 atom stereocenters. The van der Waals surface area contributed by atoms with E-state index in [0.717, 1.165) is 11.1 Å². The fourth-order valence-corrected chi connectivity index (χ4v) is 8.48. The van der Waals surface area contributed by atoms with Crippen LogP contribution in [0.15, 0.2) is 48.7 Å². The van der Waals surface area contributed by atoms with Gasteiger partial charge < -0.3 is 0 Å². The summed E-state index contributed by atoms with van der Waals surface area (Å²) in [6.07, 6.45) is 13.2. The molecule has 146 valence electrons. The molecule has 0 aliphatic rings. The average Bonchev–Trinajstić information content (AvgIpc) is 2.73. The number of benzene rings is 1. The Labute approximate surface area is 166 Å². The first kappa shape index (κ1) is 21.8. The Morgan fingerprint density at radius 1 is 0.815 bits per heavy atom. The summed E-state index contributed by atoms with van der Waals surface area (Å²) < 4.78 is 0. The number of rotatable bonds is 12. The molecular formula is C24H35NOP+. The molecule has 0 bridgehead atoms. The zero-order valence-electron chi connectivity index (χ0n) is 17.3. The van der Waals surface area contributed by atoms with Gasteiger partial charge in [0.2, 0.25) is 0 Å². The van der Waals surface area contributed by atoms with Crippen molar-refractivity contribution in [3.8, 4) is 0 Å². The highest BCUT2D eigenvalue weighted by Crippen LogP contribution is 2.59. The fraction of sp³-hybridized carbons (Fsp3) is 0.500. The third kappa shape index (κ3) is 5.98. The van der Waals surface area contributed by atoms with Crippen molar-refractivity contribution < 1.29 is 4.79 Å². The molecule has 0 N–H and O–H groups in total. The van der Waals surface area contributed by atoms with Gasteiger partial charge in [0.1, 0.15) is 0 Å². The fourth-order valence-electron chi connectivity index (χ4n) is 3.64. The van der Waals surface area contributed by atoms with Gasteiger partial charge >= 0.3 is 0 Å². The van der Waals surface area contributed by atoms with Crippen molar-refractivity contribution in [2.45, 2.75) is 59.3 Å². The normalized spacial score (nSPS) is 11.5. The maximum absolute atomic E-state index is 13.0. The van der Waals surface area contributed by atoms with Gasteiger partial charge in [-0.1, -0.05) is 70.4 Å². The largest absolute Gasteiger partial charge is 0.289 e. The summed E-state index contributed by atoms with van der Waals surface area (Å²) in [5, 5.41) is 0. The molecular weight excluding hydrogens is 349 g/mol. The number of ketones is 1. The van der Waals surface area contributed by atoms with Crippen molar-refractivity contribution in [1.82, 2.24) is 4.98 Å². The van der Waals surface area contributed by atoms with Crippen molar-refractivity contribution in [3.63, 3.8) is 0 Å². The monoisotopic (exact) mass is 384 g/mol. The highest BCUT2D eigenvalue weighted by Gasteiger charge is 2.40. The summed E-state index contributed by atoms with van der Waals surface area (Å²) in [7, 11) is -1.32. The molecule has 0 saturated carbocycles. The van der Waals surface area contributed by atoms with Gasteiger partial charge in [-0.25, -0.2) is 4.98 Å². The van der Waals surface area contributed by atoms with Crippen LogP contribution in [0, 0.1) is 0 Å². The van der Waals surface area contributed by atoms with Crippen molar-refractivity contribution in [2.75, 3.05) is 18.5 Å². The minimum atomic E-state index is -1.32. The zero-order chi connectivity index (χ0) is 19.5. The predicted octanol–water partition coefficient (Wildman–Crippen LogP) is 6.36. The number of carbonyl (C=O) groups is 1. The van der Waals surface area contributed by atoms with Crippen LogP contribution >= 0.6 is 7.26 Å². The smallest absolute Gasteiger partial charge is 0.193 e. The quantitative estimate of drug-likeness (QED) is 0.315. The summed E-state index contributed by atoms with van der Waals surface area (Å²) in [5.41, 5.74) is 2.79. The second kappa shape index (κ2) is 11.3. The van der Waals surface area contributed by atoms with E-state index in [2.05, 4.69) is 26.8 Å². The molecule has 1 heterocycles. The summed E-state index contributed by atoms with van der Waals surface area (Å²) in [4.78, 5) is 17.8. The zero-order valence-corrected chi connectivity index (χ0v) is 18.2. The number of unbranched alkanes of at least 4 members (excludes halogenated alkanes) is 3. The number of pyridine rings is 1. The molecule has 1 aromatic carbocycles. The number of aromatic nitrogens is 1. The summed E-state index contributed by atoms with van der Waals surface area (Å²) in [6.45, 7) is 6.82. The molecule has 3 heteroatoms. The highest BCUT2D eigenvalue weighted by atomic mass is 31.2. The third-order valence-corrected chi connectivity index (χ3v) is 10.1. The number of hydrogen-bond acceptors (Lipinski definition) is 2. The lowest BCUT2D eigenvalue weighted by Crippen LogP contribution is -2.24. The van der Waals surface area contributed by atoms with Crippen molar-refractivity contribution in [1.29, 1.82) is 0 Å². The van der Waals surface area contributed by atoms with Gasteiger partial charge in [-0.15, -0.1) is 0 Å². The molecule has 0 aliphatic heterocycles. The molecule has 0 unspecified atom stereocenters. The van der Waals surface area contributed by atoms with Gasteiger partial charge in [0.05, 0.1) is 25.7 Å². The lowest BCUT2D eigenvalue weighted by Gasteiger charge is -2.27. The number of hydrogen-bond donors (Lipinski definition) is 0. The summed E-state index contributed by atoms with van der Waals surface area (Å²) >= 11 is 0. The van der Waals surface area contributed by atoms with E-state index in [1.165, 1.54) is 62.4 Å². The maximum atomic E-state index is 13.0. The van der Waals surface area contributed by atoms with E-state index in [1.54, 1.807) is 0 Å². The first-order valence-electron chi connectivity index (χ1n) is 10.6. The molecule has 1 aromatic heterocycles. The van der Waals surface area contributed by atoms with Crippen LogP contribution in [-0.4, -0.2) is 29.3 Å². The standard InChI is InChI=1S/C24H35NOP/c1-4-7-17-27(18-8-5-2,19-9-6-3)23-20-22(15-16-25-23)24(26)21-13-11-10-12-14-21/h10-16,20H,4-9,17-19H2,1-3H3/q+1. The van der Waals surface area contributed by atoms with E-state index in [9.17, 15) is 4.79 Å². The van der Waals surface area contributed by atoms with Crippen molar-refractivity contribution in [3.05, 3.63) is 59.8 Å². The van der Waals surface area contributed by atoms with E-state index < -0.39 is 7.26 Å². The molecule has 0 spiro atoms. The Kier molecular flexibility index (Phi) is 9.15. The Balaban J connectivity index is 2.40. The average molecular weight is 385 g/mol. The number of nitrogens with zero attached hydrogens (tertiary/aromatic N) is 1. The van der Waals surface area contributed by atoms with E-state index in [4.69, 9.17) is 4.98 Å². The van der Waals surface area contributed by atoms with Gasteiger partial charge in [-0.2, -0.15) is 0 Å². The van der Waals surface area contributed by atoms with Crippen LogP contribution < -0.4 is 5.44 Å². The van der Waals surface area contributed by atoms with E-state index in [0.29, 0.717) is 0 Å². The molecule has 0 radical (unpaired) electrons. The second-order valence-corrected chi connectivity index (χ2v) is 11.6. The summed E-state index contributed by atoms with van der Waals surface area (Å²) in [6, 6.07) is 13.6. The van der Waals surface area contributed by atoms with Crippen LogP contribution in [0.25, 0.3) is 0 Å². The lowest BCUT2D eigenvalue weighted by atomic mass is 10.1. The molecule has 0 amide bonds. The Bertz CT molecular complexity index is 677. The van der Waals surface area contributed by atoms with E-state index in [-0.39, 0.29) is 5.78 Å². The summed E-state index contributed by atoms with van der Waals surface area (Å²) in [5.74, 6) is 0.110. The van der Waals surface area contributed by atoms with Crippen LogP contribution in [0.1, 0.15) is 75.2 Å². The van der Waals surface area contributed by atoms with Gasteiger partial charge in [0.25, 0.3) is 0 Å². The predicted molar refractivity (Wildman–Crippen MR) is 120 cm³/mol. The Morgan fingerprint density at radius 3 is 1.89 bits per heavy atom.